The van der Waals surface area contributed by atoms with Gasteiger partial charge < -0.3 is 0 Å². The number of ketones is 2. The standard InChI is InChI=1S/C25H16N2O2/c28-24(17-9-3-1-4-10-17)20-15-22(25(29)18-11-5-2-6-12-18)27-16-26-21-14-8-7-13-19(21)23(20)27/h1-16H. The van der Waals surface area contributed by atoms with Gasteiger partial charge >= 0.3 is 0 Å². The van der Waals surface area contributed by atoms with Crippen LogP contribution in [0.15, 0.2) is 97.3 Å². The van der Waals surface area contributed by atoms with Crippen LogP contribution in [0.3, 0.4) is 0 Å². The first-order chi connectivity index (χ1) is 14.2. The highest BCUT2D eigenvalue weighted by atomic mass is 16.1. The summed E-state index contributed by atoms with van der Waals surface area (Å²) in [6, 6.07) is 27.5. The average Bonchev–Trinajstić information content (AvgIpc) is 3.19. The Morgan fingerprint density at radius 2 is 1.28 bits per heavy atom. The van der Waals surface area contributed by atoms with E-state index in [4.69, 9.17) is 0 Å². The lowest BCUT2D eigenvalue weighted by Gasteiger charge is -2.06. The number of carbonyl (C=O) groups is 2. The fraction of sp³-hybridized carbons (Fsp3) is 0. The van der Waals surface area contributed by atoms with E-state index in [1.165, 1.54) is 0 Å². The first-order valence-corrected chi connectivity index (χ1v) is 9.32. The van der Waals surface area contributed by atoms with E-state index in [-0.39, 0.29) is 11.6 Å². The van der Waals surface area contributed by atoms with Crippen molar-refractivity contribution in [3.05, 3.63) is 120 Å². The molecule has 3 aromatic carbocycles. The van der Waals surface area contributed by atoms with Gasteiger partial charge in [0.2, 0.25) is 5.78 Å². The van der Waals surface area contributed by atoms with E-state index in [9.17, 15) is 9.59 Å². The average molecular weight is 376 g/mol. The SMILES string of the molecule is O=C(c1ccccc1)c1cc(C(=O)c2ccccc2)n2cnc3ccccc3c12. The number of fused-ring (bicyclic) bond motifs is 3. The van der Waals surface area contributed by atoms with Gasteiger partial charge in [-0.25, -0.2) is 4.98 Å². The van der Waals surface area contributed by atoms with Crippen molar-refractivity contribution in [3.8, 4) is 0 Å². The fourth-order valence-electron chi connectivity index (χ4n) is 3.66. The van der Waals surface area contributed by atoms with Crippen molar-refractivity contribution in [1.82, 2.24) is 9.38 Å². The van der Waals surface area contributed by atoms with E-state index in [0.717, 1.165) is 10.9 Å². The fourth-order valence-corrected chi connectivity index (χ4v) is 3.66. The Kier molecular flexibility index (Phi) is 4.03. The number of hydrogen-bond acceptors (Lipinski definition) is 3. The Hall–Kier alpha value is -4.05. The molecule has 4 heteroatoms. The summed E-state index contributed by atoms with van der Waals surface area (Å²) in [5, 5.41) is 0.835. The van der Waals surface area contributed by atoms with Crippen LogP contribution in [0.1, 0.15) is 32.0 Å². The number of rotatable bonds is 4. The first kappa shape index (κ1) is 17.1. The molecular weight excluding hydrogens is 360 g/mol. The summed E-state index contributed by atoms with van der Waals surface area (Å²) in [6.45, 7) is 0. The van der Waals surface area contributed by atoms with E-state index in [0.29, 0.717) is 27.9 Å². The van der Waals surface area contributed by atoms with Crippen LogP contribution in [0.25, 0.3) is 16.4 Å². The van der Waals surface area contributed by atoms with Crippen LogP contribution < -0.4 is 0 Å². The van der Waals surface area contributed by atoms with E-state index in [1.807, 2.05) is 60.7 Å². The van der Waals surface area contributed by atoms with Crippen molar-refractivity contribution in [3.63, 3.8) is 0 Å². The molecule has 2 aromatic heterocycles. The molecule has 0 aliphatic heterocycles. The summed E-state index contributed by atoms with van der Waals surface area (Å²) >= 11 is 0. The molecule has 0 aliphatic rings. The molecule has 29 heavy (non-hydrogen) atoms. The molecule has 0 amide bonds. The van der Waals surface area contributed by atoms with Crippen molar-refractivity contribution in [2.45, 2.75) is 0 Å². The molecule has 4 nitrogen and oxygen atoms in total. The number of aromatic nitrogens is 2. The molecule has 0 aliphatic carbocycles. The predicted octanol–water partition coefficient (Wildman–Crippen LogP) is 4.95. The summed E-state index contributed by atoms with van der Waals surface area (Å²) in [7, 11) is 0. The van der Waals surface area contributed by atoms with Crippen molar-refractivity contribution in [2.75, 3.05) is 0 Å². The second-order valence-electron chi connectivity index (χ2n) is 6.81. The van der Waals surface area contributed by atoms with E-state index >= 15 is 0 Å². The normalized spacial score (nSPS) is 11.0. The minimum atomic E-state index is -0.148. The van der Waals surface area contributed by atoms with Crippen molar-refractivity contribution in [1.29, 1.82) is 0 Å². The molecule has 5 aromatic rings. The van der Waals surface area contributed by atoms with Gasteiger partial charge in [-0.3, -0.25) is 14.0 Å². The highest BCUT2D eigenvalue weighted by molar-refractivity contribution is 6.20. The first-order valence-electron chi connectivity index (χ1n) is 9.32. The molecule has 0 radical (unpaired) electrons. The van der Waals surface area contributed by atoms with Crippen LogP contribution >= 0.6 is 0 Å². The quantitative estimate of drug-likeness (QED) is 0.417. The molecule has 0 saturated heterocycles. The van der Waals surface area contributed by atoms with E-state index in [1.54, 1.807) is 41.1 Å². The van der Waals surface area contributed by atoms with Gasteiger partial charge in [0.15, 0.2) is 5.78 Å². The third-order valence-electron chi connectivity index (χ3n) is 5.06. The highest BCUT2D eigenvalue weighted by Crippen LogP contribution is 2.28. The number of carbonyl (C=O) groups excluding carboxylic acids is 2. The van der Waals surface area contributed by atoms with Crippen molar-refractivity contribution in [2.24, 2.45) is 0 Å². The van der Waals surface area contributed by atoms with Gasteiger partial charge in [-0.1, -0.05) is 78.9 Å². The predicted molar refractivity (Wildman–Crippen MR) is 112 cm³/mol. The van der Waals surface area contributed by atoms with E-state index in [2.05, 4.69) is 4.98 Å². The smallest absolute Gasteiger partial charge is 0.209 e. The summed E-state index contributed by atoms with van der Waals surface area (Å²) in [6.07, 6.45) is 1.62. The molecule has 0 N–H and O–H groups in total. The minimum absolute atomic E-state index is 0.119. The zero-order chi connectivity index (χ0) is 19.8. The molecule has 0 bridgehead atoms. The zero-order valence-electron chi connectivity index (χ0n) is 15.4. The largest absolute Gasteiger partial charge is 0.296 e. The van der Waals surface area contributed by atoms with Crippen LogP contribution in [0.5, 0.6) is 0 Å². The van der Waals surface area contributed by atoms with Gasteiger partial charge in [0.1, 0.15) is 6.33 Å². The second-order valence-corrected chi connectivity index (χ2v) is 6.81. The Morgan fingerprint density at radius 1 is 0.690 bits per heavy atom. The maximum Gasteiger partial charge on any atom is 0.209 e. The van der Waals surface area contributed by atoms with Gasteiger partial charge in [0.25, 0.3) is 0 Å². The summed E-state index contributed by atoms with van der Waals surface area (Å²) in [5.41, 5.74) is 3.54. The lowest BCUT2D eigenvalue weighted by molar-refractivity contribution is 0.103. The van der Waals surface area contributed by atoms with Gasteiger partial charge in [0.05, 0.1) is 16.7 Å². The number of hydrogen-bond donors (Lipinski definition) is 0. The van der Waals surface area contributed by atoms with Crippen LogP contribution in [0, 0.1) is 0 Å². The molecule has 0 unspecified atom stereocenters. The number of nitrogens with zero attached hydrogens (tertiary/aromatic N) is 2. The van der Waals surface area contributed by atoms with Crippen LogP contribution in [0.4, 0.5) is 0 Å². The molecule has 0 saturated carbocycles. The molecule has 0 fully saturated rings. The highest BCUT2D eigenvalue weighted by Gasteiger charge is 2.23. The summed E-state index contributed by atoms with van der Waals surface area (Å²) in [5.74, 6) is -0.267. The number of para-hydroxylation sites is 1. The van der Waals surface area contributed by atoms with Gasteiger partial charge in [-0.15, -0.1) is 0 Å². The van der Waals surface area contributed by atoms with Gasteiger partial charge in [-0.2, -0.15) is 0 Å². The van der Waals surface area contributed by atoms with Crippen LogP contribution in [0.2, 0.25) is 0 Å². The molecule has 0 spiro atoms. The topological polar surface area (TPSA) is 51.4 Å². The molecular formula is C25H16N2O2. The second kappa shape index (κ2) is 6.84. The van der Waals surface area contributed by atoms with E-state index < -0.39 is 0 Å². The third kappa shape index (κ3) is 2.82. The van der Waals surface area contributed by atoms with Crippen LogP contribution in [-0.2, 0) is 0 Å². The monoisotopic (exact) mass is 376 g/mol. The maximum absolute atomic E-state index is 13.3. The van der Waals surface area contributed by atoms with Gasteiger partial charge in [0, 0.05) is 22.1 Å². The molecule has 0 atom stereocenters. The lowest BCUT2D eigenvalue weighted by Crippen LogP contribution is -2.05. The Labute approximate surface area is 167 Å². The van der Waals surface area contributed by atoms with Crippen molar-refractivity contribution >= 4 is 28.0 Å². The Morgan fingerprint density at radius 3 is 1.97 bits per heavy atom. The summed E-state index contributed by atoms with van der Waals surface area (Å²) < 4.78 is 1.73. The Balaban J connectivity index is 1.81. The maximum atomic E-state index is 13.3. The molecule has 2 heterocycles. The third-order valence-corrected chi connectivity index (χ3v) is 5.06. The zero-order valence-corrected chi connectivity index (χ0v) is 15.4. The molecule has 5 rings (SSSR count). The van der Waals surface area contributed by atoms with Crippen molar-refractivity contribution < 1.29 is 9.59 Å². The Bertz CT molecular complexity index is 1370. The minimum Gasteiger partial charge on any atom is -0.296 e. The van der Waals surface area contributed by atoms with Gasteiger partial charge in [-0.05, 0) is 12.1 Å². The summed E-state index contributed by atoms with van der Waals surface area (Å²) in [4.78, 5) is 31.0. The lowest BCUT2D eigenvalue weighted by atomic mass is 10.0. The molecule has 138 valence electrons. The van der Waals surface area contributed by atoms with Crippen LogP contribution in [-0.4, -0.2) is 21.0 Å². The number of benzene rings is 3.